The van der Waals surface area contributed by atoms with Crippen molar-refractivity contribution in [2.24, 2.45) is 0 Å². The number of benzene rings is 1. The van der Waals surface area contributed by atoms with Gasteiger partial charge in [-0.3, -0.25) is 24.3 Å². The Kier molecular flexibility index (Phi) is 3.58. The Balaban J connectivity index is 2.89. The molecule has 1 aromatic heterocycles. The van der Waals surface area contributed by atoms with E-state index in [0.29, 0.717) is 0 Å². The SMILES string of the molecule is CC(=O)c1c(O)cc(C)n(-c2ccccc2[N+](=O)[O-])c1=O. The van der Waals surface area contributed by atoms with Crippen molar-refractivity contribution in [1.82, 2.24) is 4.57 Å². The van der Waals surface area contributed by atoms with Crippen molar-refractivity contribution in [1.29, 1.82) is 0 Å². The quantitative estimate of drug-likeness (QED) is 0.528. The van der Waals surface area contributed by atoms with Gasteiger partial charge < -0.3 is 5.11 Å². The maximum absolute atomic E-state index is 12.4. The lowest BCUT2D eigenvalue weighted by atomic mass is 10.1. The minimum absolute atomic E-state index is 0.0486. The summed E-state index contributed by atoms with van der Waals surface area (Å²) in [4.78, 5) is 34.3. The zero-order valence-electron chi connectivity index (χ0n) is 11.4. The number of para-hydroxylation sites is 2. The number of aromatic nitrogens is 1. The third-order valence-corrected chi connectivity index (χ3v) is 3.04. The zero-order valence-corrected chi connectivity index (χ0v) is 11.4. The van der Waals surface area contributed by atoms with E-state index in [1.54, 1.807) is 6.07 Å². The van der Waals surface area contributed by atoms with Crippen molar-refractivity contribution < 1.29 is 14.8 Å². The van der Waals surface area contributed by atoms with Crippen LogP contribution in [0.4, 0.5) is 5.69 Å². The Hall–Kier alpha value is -2.96. The normalized spacial score (nSPS) is 10.4. The minimum atomic E-state index is -0.783. The topological polar surface area (TPSA) is 102 Å². The number of nitro groups is 1. The molecule has 0 amide bonds. The number of carbonyl (C=O) groups is 1. The predicted molar refractivity (Wildman–Crippen MR) is 75.1 cm³/mol. The molecule has 0 radical (unpaired) electrons. The Bertz CT molecular complexity index is 807. The maximum atomic E-state index is 12.4. The molecule has 0 atom stereocenters. The maximum Gasteiger partial charge on any atom is 0.293 e. The summed E-state index contributed by atoms with van der Waals surface area (Å²) in [5, 5.41) is 20.8. The third-order valence-electron chi connectivity index (χ3n) is 3.04. The molecule has 1 heterocycles. The Morgan fingerprint density at radius 2 is 1.95 bits per heavy atom. The van der Waals surface area contributed by atoms with Crippen molar-refractivity contribution >= 4 is 11.5 Å². The van der Waals surface area contributed by atoms with Crippen molar-refractivity contribution in [3.8, 4) is 11.4 Å². The summed E-state index contributed by atoms with van der Waals surface area (Å²) < 4.78 is 1.05. The van der Waals surface area contributed by atoms with E-state index in [2.05, 4.69) is 0 Å². The summed E-state index contributed by atoms with van der Waals surface area (Å²) in [5.74, 6) is -1.04. The van der Waals surface area contributed by atoms with E-state index in [9.17, 15) is 24.8 Å². The van der Waals surface area contributed by atoms with Crippen molar-refractivity contribution in [3.63, 3.8) is 0 Å². The lowest BCUT2D eigenvalue weighted by Gasteiger charge is -2.12. The van der Waals surface area contributed by atoms with Gasteiger partial charge in [-0.1, -0.05) is 12.1 Å². The fourth-order valence-corrected chi connectivity index (χ4v) is 2.15. The highest BCUT2D eigenvalue weighted by Gasteiger charge is 2.21. The minimum Gasteiger partial charge on any atom is -0.507 e. The van der Waals surface area contributed by atoms with E-state index in [1.807, 2.05) is 0 Å². The van der Waals surface area contributed by atoms with Gasteiger partial charge in [-0.15, -0.1) is 0 Å². The van der Waals surface area contributed by atoms with E-state index < -0.39 is 27.6 Å². The highest BCUT2D eigenvalue weighted by molar-refractivity contribution is 5.96. The van der Waals surface area contributed by atoms with Gasteiger partial charge in [0.15, 0.2) is 5.78 Å². The Labute approximate surface area is 119 Å². The molecule has 2 aromatic rings. The summed E-state index contributed by atoms with van der Waals surface area (Å²) in [5.41, 5.74) is -1.10. The van der Waals surface area contributed by atoms with Crippen molar-refractivity contribution in [2.75, 3.05) is 0 Å². The smallest absolute Gasteiger partial charge is 0.293 e. The second-order valence-corrected chi connectivity index (χ2v) is 4.49. The number of rotatable bonds is 3. The summed E-state index contributed by atoms with van der Waals surface area (Å²) >= 11 is 0. The number of pyridine rings is 1. The van der Waals surface area contributed by atoms with E-state index in [0.717, 1.165) is 11.5 Å². The number of hydrogen-bond donors (Lipinski definition) is 1. The molecular formula is C14H12N2O5. The molecule has 0 saturated carbocycles. The van der Waals surface area contributed by atoms with Gasteiger partial charge in [0.1, 0.15) is 17.0 Å². The van der Waals surface area contributed by atoms with Crippen molar-refractivity contribution in [3.05, 3.63) is 62.1 Å². The van der Waals surface area contributed by atoms with Gasteiger partial charge in [0, 0.05) is 17.8 Å². The molecule has 7 nitrogen and oxygen atoms in total. The first kappa shape index (κ1) is 14.4. The fraction of sp³-hybridized carbons (Fsp3) is 0.143. The second kappa shape index (κ2) is 5.20. The molecule has 0 saturated heterocycles. The average molecular weight is 288 g/mol. The Morgan fingerprint density at radius 1 is 1.33 bits per heavy atom. The van der Waals surface area contributed by atoms with Crippen LogP contribution < -0.4 is 5.56 Å². The van der Waals surface area contributed by atoms with Crippen LogP contribution >= 0.6 is 0 Å². The molecule has 0 bridgehead atoms. The number of nitrogens with zero attached hydrogens (tertiary/aromatic N) is 2. The van der Waals surface area contributed by atoms with Crippen LogP contribution in [0.5, 0.6) is 5.75 Å². The van der Waals surface area contributed by atoms with E-state index >= 15 is 0 Å². The van der Waals surface area contributed by atoms with Crippen LogP contribution in [0.3, 0.4) is 0 Å². The van der Waals surface area contributed by atoms with Gasteiger partial charge in [0.25, 0.3) is 11.2 Å². The van der Waals surface area contributed by atoms with Crippen LogP contribution in [-0.4, -0.2) is 20.4 Å². The van der Waals surface area contributed by atoms with E-state index in [4.69, 9.17) is 0 Å². The molecule has 108 valence electrons. The molecule has 0 aliphatic rings. The van der Waals surface area contributed by atoms with Crippen LogP contribution in [-0.2, 0) is 0 Å². The summed E-state index contributed by atoms with van der Waals surface area (Å²) in [7, 11) is 0. The van der Waals surface area contributed by atoms with Crippen molar-refractivity contribution in [2.45, 2.75) is 13.8 Å². The summed E-state index contributed by atoms with van der Waals surface area (Å²) in [6.07, 6.45) is 0. The van der Waals surface area contributed by atoms with Gasteiger partial charge in [-0.2, -0.15) is 0 Å². The fourth-order valence-electron chi connectivity index (χ4n) is 2.15. The first-order valence-corrected chi connectivity index (χ1v) is 6.05. The molecule has 2 rings (SSSR count). The molecule has 7 heteroatoms. The first-order chi connectivity index (χ1) is 9.84. The van der Waals surface area contributed by atoms with Crippen LogP contribution in [0.1, 0.15) is 23.0 Å². The largest absolute Gasteiger partial charge is 0.507 e. The number of aryl methyl sites for hydroxylation is 1. The van der Waals surface area contributed by atoms with E-state index in [1.165, 1.54) is 31.2 Å². The monoisotopic (exact) mass is 288 g/mol. The second-order valence-electron chi connectivity index (χ2n) is 4.49. The summed E-state index contributed by atoms with van der Waals surface area (Å²) in [6.45, 7) is 2.66. The van der Waals surface area contributed by atoms with Gasteiger partial charge >= 0.3 is 0 Å². The molecule has 1 aromatic carbocycles. The molecular weight excluding hydrogens is 276 g/mol. The predicted octanol–water partition coefficient (Wildman–Crippen LogP) is 1.96. The van der Waals surface area contributed by atoms with Crippen LogP contribution in [0.15, 0.2) is 35.1 Å². The number of Topliss-reactive ketones (excluding diaryl/α,β-unsaturated/α-hetero) is 1. The first-order valence-electron chi connectivity index (χ1n) is 6.05. The number of aromatic hydroxyl groups is 1. The molecule has 1 N–H and O–H groups in total. The van der Waals surface area contributed by atoms with Gasteiger partial charge in [0.05, 0.1) is 4.92 Å². The summed E-state index contributed by atoms with van der Waals surface area (Å²) in [6, 6.07) is 6.94. The van der Waals surface area contributed by atoms with Crippen LogP contribution in [0.2, 0.25) is 0 Å². The molecule has 0 spiro atoms. The Morgan fingerprint density at radius 3 is 2.52 bits per heavy atom. The molecule has 0 aliphatic carbocycles. The average Bonchev–Trinajstić information content (AvgIpc) is 2.37. The standard InChI is InChI=1S/C14H12N2O5/c1-8-7-12(18)13(9(2)17)14(19)15(8)10-5-3-4-6-11(10)16(20)21/h3-7,18H,1-2H3. The molecule has 21 heavy (non-hydrogen) atoms. The van der Waals surface area contributed by atoms with Gasteiger partial charge in [-0.05, 0) is 19.9 Å². The lowest BCUT2D eigenvalue weighted by molar-refractivity contribution is -0.384. The number of nitro benzene ring substituents is 1. The van der Waals surface area contributed by atoms with E-state index in [-0.39, 0.29) is 17.1 Å². The van der Waals surface area contributed by atoms with Gasteiger partial charge in [0.2, 0.25) is 0 Å². The van der Waals surface area contributed by atoms with Crippen LogP contribution in [0, 0.1) is 17.0 Å². The highest BCUT2D eigenvalue weighted by atomic mass is 16.6. The third kappa shape index (κ3) is 2.40. The lowest BCUT2D eigenvalue weighted by Crippen LogP contribution is -2.26. The molecule has 0 unspecified atom stereocenters. The highest BCUT2D eigenvalue weighted by Crippen LogP contribution is 2.24. The molecule has 0 aliphatic heterocycles. The number of hydrogen-bond acceptors (Lipinski definition) is 5. The zero-order chi connectivity index (χ0) is 15.7. The number of carbonyl (C=O) groups excluding carboxylic acids is 1. The van der Waals surface area contributed by atoms with Crippen LogP contribution in [0.25, 0.3) is 5.69 Å². The molecule has 0 fully saturated rings. The number of ketones is 1. The van der Waals surface area contributed by atoms with Gasteiger partial charge in [-0.25, -0.2) is 0 Å².